The highest BCUT2D eigenvalue weighted by Gasteiger charge is 2.33. The van der Waals surface area contributed by atoms with Gasteiger partial charge in [-0.25, -0.2) is 13.1 Å². The van der Waals surface area contributed by atoms with Gasteiger partial charge in [-0.15, -0.1) is 0 Å². The number of hydrogen-bond acceptors (Lipinski definition) is 5. The van der Waals surface area contributed by atoms with Crippen molar-refractivity contribution in [3.05, 3.63) is 35.9 Å². The van der Waals surface area contributed by atoms with Crippen molar-refractivity contribution in [1.82, 2.24) is 10.0 Å². The van der Waals surface area contributed by atoms with E-state index in [0.29, 0.717) is 31.4 Å². The van der Waals surface area contributed by atoms with Crippen molar-refractivity contribution in [1.29, 1.82) is 0 Å². The molecule has 3 N–H and O–H groups in total. The van der Waals surface area contributed by atoms with Crippen LogP contribution in [-0.4, -0.2) is 50.8 Å². The standard InChI is InChI=1S/C21H32N2O5S/c24-14-20-19(23-29(26,27)15-16-6-2-1-3-7-16)11-10-18(28-20)12-13-22-21(25)17-8-4-5-9-17/h1-3,6-7,17-20,23-24H,4-5,8-15H2,(H,22,25)/t18-,19-,20-/m1/s1. The van der Waals surface area contributed by atoms with E-state index in [1.165, 1.54) is 0 Å². The maximum absolute atomic E-state index is 12.5. The lowest BCUT2D eigenvalue weighted by Crippen LogP contribution is -2.51. The van der Waals surface area contributed by atoms with E-state index in [1.807, 2.05) is 6.07 Å². The summed E-state index contributed by atoms with van der Waals surface area (Å²) in [5.41, 5.74) is 0.716. The van der Waals surface area contributed by atoms with Crippen molar-refractivity contribution in [2.45, 2.75) is 68.9 Å². The van der Waals surface area contributed by atoms with E-state index in [1.54, 1.807) is 24.3 Å². The molecule has 1 aromatic rings. The van der Waals surface area contributed by atoms with E-state index in [4.69, 9.17) is 4.74 Å². The zero-order valence-electron chi connectivity index (χ0n) is 16.8. The van der Waals surface area contributed by atoms with Crippen molar-refractivity contribution >= 4 is 15.9 Å². The summed E-state index contributed by atoms with van der Waals surface area (Å²) in [5, 5.41) is 12.7. The molecule has 0 spiro atoms. The summed E-state index contributed by atoms with van der Waals surface area (Å²) in [7, 11) is -3.53. The van der Waals surface area contributed by atoms with Gasteiger partial charge in [0, 0.05) is 12.5 Å². The molecule has 1 saturated heterocycles. The van der Waals surface area contributed by atoms with Gasteiger partial charge in [-0.1, -0.05) is 43.2 Å². The molecule has 1 heterocycles. The smallest absolute Gasteiger partial charge is 0.223 e. The normalized spacial score (nSPS) is 25.8. The van der Waals surface area contributed by atoms with E-state index >= 15 is 0 Å². The number of sulfonamides is 1. The predicted octanol–water partition coefficient (Wildman–Crippen LogP) is 1.71. The van der Waals surface area contributed by atoms with Crippen LogP contribution in [0, 0.1) is 5.92 Å². The summed E-state index contributed by atoms with van der Waals surface area (Å²) in [5.74, 6) is 0.179. The summed E-state index contributed by atoms with van der Waals surface area (Å²) < 4.78 is 33.6. The fourth-order valence-electron chi connectivity index (χ4n) is 4.23. The summed E-state index contributed by atoms with van der Waals surface area (Å²) in [4.78, 5) is 12.1. The molecule has 0 unspecified atom stereocenters. The van der Waals surface area contributed by atoms with E-state index in [-0.39, 0.29) is 30.3 Å². The monoisotopic (exact) mass is 424 g/mol. The van der Waals surface area contributed by atoms with Crippen LogP contribution in [0.1, 0.15) is 50.5 Å². The van der Waals surface area contributed by atoms with E-state index in [2.05, 4.69) is 10.0 Å². The third kappa shape index (κ3) is 6.77. The molecule has 1 aliphatic carbocycles. The largest absolute Gasteiger partial charge is 0.394 e. The maximum atomic E-state index is 12.5. The molecule has 8 heteroatoms. The fourth-order valence-corrected chi connectivity index (χ4v) is 5.68. The molecule has 29 heavy (non-hydrogen) atoms. The van der Waals surface area contributed by atoms with Gasteiger partial charge in [0.1, 0.15) is 0 Å². The molecule has 0 radical (unpaired) electrons. The Morgan fingerprint density at radius 2 is 1.83 bits per heavy atom. The van der Waals surface area contributed by atoms with Gasteiger partial charge in [-0.3, -0.25) is 4.79 Å². The average molecular weight is 425 g/mol. The predicted molar refractivity (Wildman–Crippen MR) is 111 cm³/mol. The number of rotatable bonds is 9. The molecule has 162 valence electrons. The molecule has 1 aliphatic heterocycles. The van der Waals surface area contributed by atoms with Crippen LogP contribution in [0.3, 0.4) is 0 Å². The van der Waals surface area contributed by atoms with Crippen LogP contribution in [0.4, 0.5) is 0 Å². The second-order valence-electron chi connectivity index (χ2n) is 8.09. The minimum absolute atomic E-state index is 0.0918. The van der Waals surface area contributed by atoms with Crippen molar-refractivity contribution in [3.8, 4) is 0 Å². The Kier molecular flexibility index (Phi) is 8.06. The Hall–Kier alpha value is -1.48. The SMILES string of the molecule is O=C(NCC[C@H]1CC[C@@H](NS(=O)(=O)Cc2ccccc2)[C@@H](CO)O1)C1CCCC1. The first-order valence-electron chi connectivity index (χ1n) is 10.5. The van der Waals surface area contributed by atoms with Gasteiger partial charge in [0.25, 0.3) is 0 Å². The van der Waals surface area contributed by atoms with Crippen LogP contribution in [0.2, 0.25) is 0 Å². The molecule has 3 atom stereocenters. The Morgan fingerprint density at radius 1 is 1.10 bits per heavy atom. The third-order valence-corrected chi connectivity index (χ3v) is 7.19. The number of carbonyl (C=O) groups excluding carboxylic acids is 1. The number of amides is 1. The molecular weight excluding hydrogens is 392 g/mol. The number of aliphatic hydroxyl groups is 1. The van der Waals surface area contributed by atoms with Crippen LogP contribution in [-0.2, 0) is 25.3 Å². The van der Waals surface area contributed by atoms with Crippen LogP contribution in [0.25, 0.3) is 0 Å². The lowest BCUT2D eigenvalue weighted by atomic mass is 9.98. The van der Waals surface area contributed by atoms with E-state index in [9.17, 15) is 18.3 Å². The molecule has 2 fully saturated rings. The lowest BCUT2D eigenvalue weighted by Gasteiger charge is -2.36. The van der Waals surface area contributed by atoms with Crippen LogP contribution < -0.4 is 10.0 Å². The van der Waals surface area contributed by atoms with Gasteiger partial charge in [0.05, 0.1) is 30.6 Å². The number of nitrogens with one attached hydrogen (secondary N) is 2. The number of carbonyl (C=O) groups is 1. The molecule has 0 aromatic heterocycles. The quantitative estimate of drug-likeness (QED) is 0.560. The van der Waals surface area contributed by atoms with Gasteiger partial charge in [-0.05, 0) is 37.7 Å². The number of ether oxygens (including phenoxy) is 1. The average Bonchev–Trinajstić information content (AvgIpc) is 3.24. The highest BCUT2D eigenvalue weighted by Crippen LogP contribution is 2.25. The van der Waals surface area contributed by atoms with Crippen LogP contribution >= 0.6 is 0 Å². The highest BCUT2D eigenvalue weighted by atomic mass is 32.2. The first-order valence-corrected chi connectivity index (χ1v) is 12.2. The Balaban J connectivity index is 1.44. The fraction of sp³-hybridized carbons (Fsp3) is 0.667. The highest BCUT2D eigenvalue weighted by molar-refractivity contribution is 7.88. The molecule has 1 aromatic carbocycles. The second kappa shape index (κ2) is 10.5. The first kappa shape index (κ1) is 22.2. The molecule has 3 rings (SSSR count). The summed E-state index contributed by atoms with van der Waals surface area (Å²) in [6.45, 7) is 0.298. The van der Waals surface area contributed by atoms with Gasteiger partial charge < -0.3 is 15.2 Å². The molecular formula is C21H32N2O5S. The first-order chi connectivity index (χ1) is 14.0. The van der Waals surface area contributed by atoms with Crippen molar-refractivity contribution in [2.24, 2.45) is 5.92 Å². The molecule has 0 bridgehead atoms. The summed E-state index contributed by atoms with van der Waals surface area (Å²) in [6.07, 6.45) is 5.49. The van der Waals surface area contributed by atoms with Gasteiger partial charge in [0.15, 0.2) is 0 Å². The summed E-state index contributed by atoms with van der Waals surface area (Å²) in [6, 6.07) is 8.56. The van der Waals surface area contributed by atoms with Gasteiger partial charge >= 0.3 is 0 Å². The zero-order chi connectivity index (χ0) is 20.7. The van der Waals surface area contributed by atoms with Gasteiger partial charge in [0.2, 0.25) is 15.9 Å². The second-order valence-corrected chi connectivity index (χ2v) is 9.84. The summed E-state index contributed by atoms with van der Waals surface area (Å²) >= 11 is 0. The molecule has 7 nitrogen and oxygen atoms in total. The molecule has 1 saturated carbocycles. The van der Waals surface area contributed by atoms with Crippen LogP contribution in [0.15, 0.2) is 30.3 Å². The lowest BCUT2D eigenvalue weighted by molar-refractivity contribution is -0.125. The third-order valence-electron chi connectivity index (χ3n) is 5.82. The van der Waals surface area contributed by atoms with Gasteiger partial charge in [-0.2, -0.15) is 0 Å². The van der Waals surface area contributed by atoms with Crippen molar-refractivity contribution in [3.63, 3.8) is 0 Å². The Labute approximate surface area is 173 Å². The van der Waals surface area contributed by atoms with Crippen molar-refractivity contribution in [2.75, 3.05) is 13.2 Å². The van der Waals surface area contributed by atoms with Crippen molar-refractivity contribution < 1.29 is 23.1 Å². The maximum Gasteiger partial charge on any atom is 0.223 e. The minimum atomic E-state index is -3.53. The number of benzene rings is 1. The Morgan fingerprint density at radius 3 is 2.52 bits per heavy atom. The van der Waals surface area contributed by atoms with E-state index < -0.39 is 22.2 Å². The zero-order valence-corrected chi connectivity index (χ0v) is 17.6. The molecule has 2 aliphatic rings. The topological polar surface area (TPSA) is 105 Å². The van der Waals surface area contributed by atoms with Crippen LogP contribution in [0.5, 0.6) is 0 Å². The minimum Gasteiger partial charge on any atom is -0.394 e. The van der Waals surface area contributed by atoms with E-state index in [0.717, 1.165) is 25.7 Å². The number of hydrogen-bond donors (Lipinski definition) is 3. The number of aliphatic hydroxyl groups excluding tert-OH is 1. The molecule has 1 amide bonds. The Bertz CT molecular complexity index is 750.